The van der Waals surface area contributed by atoms with E-state index >= 15 is 0 Å². The second-order valence-corrected chi connectivity index (χ2v) is 8.61. The Kier molecular flexibility index (Phi) is 5.10. The highest BCUT2D eigenvalue weighted by atomic mass is 32.2. The molecule has 1 aliphatic rings. The second kappa shape index (κ2) is 8.08. The fraction of sp³-hybridized carbons (Fsp3) is 0.174. The Morgan fingerprint density at radius 1 is 1.03 bits per heavy atom. The fourth-order valence-electron chi connectivity index (χ4n) is 3.58. The lowest BCUT2D eigenvalue weighted by atomic mass is 10.1. The van der Waals surface area contributed by atoms with E-state index in [-0.39, 0.29) is 11.2 Å². The van der Waals surface area contributed by atoms with Crippen LogP contribution in [0.5, 0.6) is 5.75 Å². The van der Waals surface area contributed by atoms with Crippen molar-refractivity contribution < 1.29 is 9.53 Å². The molecule has 8 nitrogen and oxygen atoms in total. The van der Waals surface area contributed by atoms with Crippen LogP contribution in [0.25, 0.3) is 22.8 Å². The van der Waals surface area contributed by atoms with Gasteiger partial charge >= 0.3 is 0 Å². The number of benzene rings is 2. The molecular formula is C23H20N6O2S. The molecule has 0 fully saturated rings. The largest absolute Gasteiger partial charge is 0.497 e. The summed E-state index contributed by atoms with van der Waals surface area (Å²) in [5, 5.41) is 18.8. The van der Waals surface area contributed by atoms with E-state index in [1.54, 1.807) is 23.5 Å². The molecule has 160 valence electrons. The van der Waals surface area contributed by atoms with Crippen LogP contribution in [0.3, 0.4) is 0 Å². The molecule has 0 aliphatic carbocycles. The van der Waals surface area contributed by atoms with Crippen molar-refractivity contribution in [3.05, 3.63) is 66.2 Å². The van der Waals surface area contributed by atoms with E-state index in [0.29, 0.717) is 22.4 Å². The zero-order valence-corrected chi connectivity index (χ0v) is 18.6. The molecule has 3 heterocycles. The Morgan fingerprint density at radius 3 is 2.47 bits per heavy atom. The number of aromatic nitrogens is 5. The van der Waals surface area contributed by atoms with Crippen LogP contribution in [0.15, 0.2) is 70.9 Å². The first-order valence-corrected chi connectivity index (χ1v) is 11.0. The topological polar surface area (TPSA) is 87.2 Å². The summed E-state index contributed by atoms with van der Waals surface area (Å²) in [6, 6.07) is 19.3. The maximum atomic E-state index is 12.4. The maximum absolute atomic E-state index is 12.4. The number of fused-ring (bicyclic) bond motifs is 1. The monoisotopic (exact) mass is 444 g/mol. The van der Waals surface area contributed by atoms with Gasteiger partial charge in [-0.1, -0.05) is 42.1 Å². The summed E-state index contributed by atoms with van der Waals surface area (Å²) < 4.78 is 8.31. The van der Waals surface area contributed by atoms with Gasteiger partial charge in [-0.2, -0.15) is 19.6 Å². The first-order chi connectivity index (χ1) is 15.5. The number of methoxy groups -OCH3 is 1. The molecule has 0 saturated heterocycles. The van der Waals surface area contributed by atoms with Crippen molar-refractivity contribution in [3.63, 3.8) is 0 Å². The predicted molar refractivity (Wildman–Crippen MR) is 123 cm³/mol. The van der Waals surface area contributed by atoms with E-state index in [1.165, 1.54) is 11.6 Å². The number of carbonyl (C=O) groups excluding carboxylic acids is 1. The highest BCUT2D eigenvalue weighted by Crippen LogP contribution is 2.34. The van der Waals surface area contributed by atoms with Crippen molar-refractivity contribution in [2.24, 2.45) is 5.10 Å². The van der Waals surface area contributed by atoms with E-state index in [9.17, 15) is 4.79 Å². The molecule has 9 heteroatoms. The van der Waals surface area contributed by atoms with E-state index in [2.05, 4.69) is 22.2 Å². The molecule has 2 aromatic carbocycles. The summed E-state index contributed by atoms with van der Waals surface area (Å²) in [5.41, 5.74) is 4.02. The molecule has 1 aliphatic heterocycles. The second-order valence-electron chi connectivity index (χ2n) is 7.30. The average molecular weight is 445 g/mol. The highest BCUT2D eigenvalue weighted by molar-refractivity contribution is 8.00. The Balaban J connectivity index is 1.62. The number of ether oxygens (including phenoxy) is 1. The molecule has 5 rings (SSSR count). The van der Waals surface area contributed by atoms with Crippen LogP contribution < -0.4 is 4.74 Å². The van der Waals surface area contributed by atoms with Crippen molar-refractivity contribution in [2.45, 2.75) is 24.3 Å². The van der Waals surface area contributed by atoms with Crippen LogP contribution in [0.1, 0.15) is 24.2 Å². The Morgan fingerprint density at radius 2 is 1.78 bits per heavy atom. The zero-order valence-electron chi connectivity index (χ0n) is 17.8. The van der Waals surface area contributed by atoms with Gasteiger partial charge in [0.25, 0.3) is 0 Å². The lowest BCUT2D eigenvalue weighted by molar-refractivity contribution is 0.0923. The van der Waals surface area contributed by atoms with Crippen molar-refractivity contribution >= 4 is 23.4 Å². The molecule has 0 spiro atoms. The molecule has 0 radical (unpaired) electrons. The molecular weight excluding hydrogens is 424 g/mol. The summed E-state index contributed by atoms with van der Waals surface area (Å²) in [5.74, 6) is 1.04. The van der Waals surface area contributed by atoms with Crippen LogP contribution in [0.4, 0.5) is 0 Å². The van der Waals surface area contributed by atoms with Gasteiger partial charge in [0.05, 0.1) is 23.8 Å². The number of nitrogens with zero attached hydrogens (tertiary/aromatic N) is 6. The molecule has 0 amide bonds. The van der Waals surface area contributed by atoms with Gasteiger partial charge in [-0.15, -0.1) is 10.2 Å². The van der Waals surface area contributed by atoms with E-state index < -0.39 is 0 Å². The quantitative estimate of drug-likeness (QED) is 0.468. The molecule has 32 heavy (non-hydrogen) atoms. The third-order valence-corrected chi connectivity index (χ3v) is 6.22. The molecule has 0 bridgehead atoms. The predicted octanol–water partition coefficient (Wildman–Crippen LogP) is 4.22. The highest BCUT2D eigenvalue weighted by Gasteiger charge is 2.28. The van der Waals surface area contributed by atoms with Crippen LogP contribution in [-0.2, 0) is 0 Å². The van der Waals surface area contributed by atoms with E-state index in [0.717, 1.165) is 22.6 Å². The summed E-state index contributed by atoms with van der Waals surface area (Å²) in [7, 11) is 1.64. The van der Waals surface area contributed by atoms with Gasteiger partial charge in [0.1, 0.15) is 11.4 Å². The summed E-state index contributed by atoms with van der Waals surface area (Å²) in [6.45, 7) is 3.56. The van der Waals surface area contributed by atoms with Crippen molar-refractivity contribution in [2.75, 3.05) is 7.11 Å². The Bertz CT molecular complexity index is 1320. The summed E-state index contributed by atoms with van der Waals surface area (Å²) in [6.07, 6.45) is 0. The van der Waals surface area contributed by atoms with Gasteiger partial charge in [0.15, 0.2) is 0 Å². The molecule has 2 aromatic heterocycles. The normalized spacial score (nSPS) is 15.2. The number of thioether (sulfide) groups is 1. The average Bonchev–Trinajstić information content (AvgIpc) is 3.43. The maximum Gasteiger partial charge on any atom is 0.244 e. The third kappa shape index (κ3) is 3.50. The van der Waals surface area contributed by atoms with Crippen molar-refractivity contribution in [3.8, 4) is 28.5 Å². The first kappa shape index (κ1) is 20.2. The standard InChI is InChI=1S/C23H20N6O2S/c1-14-21(17-9-11-18(31-3)12-10-17)27-29-22(24-25-23(29)32-14)20-13-19(26-28(20)15(2)30)16-7-5-4-6-8-16/h4-14H,1-3H3. The van der Waals surface area contributed by atoms with Crippen molar-refractivity contribution in [1.29, 1.82) is 0 Å². The summed E-state index contributed by atoms with van der Waals surface area (Å²) >= 11 is 1.57. The lowest BCUT2D eigenvalue weighted by Crippen LogP contribution is -2.22. The first-order valence-electron chi connectivity index (χ1n) is 10.1. The Labute approximate surface area is 188 Å². The number of hydrogen-bond acceptors (Lipinski definition) is 7. The molecule has 1 unspecified atom stereocenters. The third-order valence-electron chi connectivity index (χ3n) is 5.18. The van der Waals surface area contributed by atoms with Crippen LogP contribution in [-0.4, -0.2) is 48.6 Å². The number of rotatable bonds is 4. The van der Waals surface area contributed by atoms with Gasteiger partial charge in [0.2, 0.25) is 16.9 Å². The minimum absolute atomic E-state index is 0.0885. The molecule has 0 saturated carbocycles. The van der Waals surface area contributed by atoms with Crippen LogP contribution in [0, 0.1) is 0 Å². The van der Waals surface area contributed by atoms with Crippen LogP contribution >= 0.6 is 11.8 Å². The van der Waals surface area contributed by atoms with Gasteiger partial charge in [0, 0.05) is 12.5 Å². The van der Waals surface area contributed by atoms with Gasteiger partial charge in [-0.05, 0) is 42.8 Å². The Hall–Kier alpha value is -3.72. The lowest BCUT2D eigenvalue weighted by Gasteiger charge is -2.20. The smallest absolute Gasteiger partial charge is 0.244 e. The minimum Gasteiger partial charge on any atom is -0.497 e. The minimum atomic E-state index is -0.212. The number of hydrogen-bond donors (Lipinski definition) is 0. The van der Waals surface area contributed by atoms with E-state index in [4.69, 9.17) is 9.84 Å². The number of carbonyl (C=O) groups is 1. The molecule has 4 aromatic rings. The van der Waals surface area contributed by atoms with Crippen molar-refractivity contribution in [1.82, 2.24) is 24.7 Å². The SMILES string of the molecule is COc1ccc(C2=Nn3c(nnc3-c3cc(-c4ccccc4)nn3C(C)=O)SC2C)cc1. The summed E-state index contributed by atoms with van der Waals surface area (Å²) in [4.78, 5) is 12.4. The van der Waals surface area contributed by atoms with Gasteiger partial charge < -0.3 is 4.74 Å². The van der Waals surface area contributed by atoms with Gasteiger partial charge in [-0.25, -0.2) is 0 Å². The zero-order chi connectivity index (χ0) is 22.2. The fourth-order valence-corrected chi connectivity index (χ4v) is 4.50. The van der Waals surface area contributed by atoms with Gasteiger partial charge in [-0.3, -0.25) is 4.79 Å². The van der Waals surface area contributed by atoms with E-state index in [1.807, 2.05) is 60.7 Å². The molecule has 0 N–H and O–H groups in total. The molecule has 1 atom stereocenters. The van der Waals surface area contributed by atoms with Crippen LogP contribution in [0.2, 0.25) is 0 Å².